The number of hydrogen-bond acceptors (Lipinski definition) is 4. The molecule has 3 fully saturated rings. The number of rotatable bonds is 4. The van der Waals surface area contributed by atoms with Crippen LogP contribution in [-0.4, -0.2) is 65.4 Å². The van der Waals surface area contributed by atoms with Gasteiger partial charge in [-0.2, -0.15) is 0 Å². The molecule has 1 atom stereocenters. The van der Waals surface area contributed by atoms with Gasteiger partial charge in [-0.05, 0) is 63.7 Å². The summed E-state index contributed by atoms with van der Waals surface area (Å²) in [5, 5.41) is 2.82. The molecule has 3 aliphatic rings. The first-order valence-corrected chi connectivity index (χ1v) is 10.3. The Labute approximate surface area is 161 Å². The van der Waals surface area contributed by atoms with E-state index in [4.69, 9.17) is 4.98 Å². The molecule has 4 heterocycles. The van der Waals surface area contributed by atoms with Gasteiger partial charge in [0.1, 0.15) is 6.04 Å². The van der Waals surface area contributed by atoms with Crippen LogP contribution in [0.2, 0.25) is 0 Å². The van der Waals surface area contributed by atoms with Crippen molar-refractivity contribution in [3.05, 3.63) is 29.6 Å². The first-order chi connectivity index (χ1) is 13.1. The molecule has 6 nitrogen and oxygen atoms in total. The van der Waals surface area contributed by atoms with Crippen molar-refractivity contribution < 1.29 is 9.59 Å². The van der Waals surface area contributed by atoms with Crippen LogP contribution >= 0.6 is 0 Å². The molecule has 3 aliphatic heterocycles. The van der Waals surface area contributed by atoms with E-state index < -0.39 is 0 Å². The maximum Gasteiger partial charge on any atom is 0.245 e. The summed E-state index contributed by atoms with van der Waals surface area (Å²) in [5.74, 6) is 0.0880. The molecule has 0 bridgehead atoms. The molecule has 146 valence electrons. The van der Waals surface area contributed by atoms with Crippen LogP contribution < -0.4 is 5.32 Å². The van der Waals surface area contributed by atoms with Gasteiger partial charge in [0.15, 0.2) is 0 Å². The highest BCUT2D eigenvalue weighted by molar-refractivity contribution is 5.90. The van der Waals surface area contributed by atoms with Gasteiger partial charge < -0.3 is 15.1 Å². The Balaban J connectivity index is 1.48. The lowest BCUT2D eigenvalue weighted by Gasteiger charge is -2.44. The fourth-order valence-corrected chi connectivity index (χ4v) is 4.82. The van der Waals surface area contributed by atoms with E-state index in [1.807, 2.05) is 11.1 Å². The van der Waals surface area contributed by atoms with Crippen LogP contribution in [0.1, 0.15) is 49.8 Å². The minimum absolute atomic E-state index is 0.00223. The number of hydrogen-bond donors (Lipinski definition) is 1. The number of piperidine rings is 1. The lowest BCUT2D eigenvalue weighted by Crippen LogP contribution is -2.53. The third-order valence-corrected chi connectivity index (χ3v) is 6.51. The number of nitrogens with one attached hydrogen (secondary N) is 1. The third kappa shape index (κ3) is 3.86. The van der Waals surface area contributed by atoms with E-state index in [1.165, 1.54) is 37.2 Å². The Morgan fingerprint density at radius 3 is 2.56 bits per heavy atom. The third-order valence-electron chi connectivity index (χ3n) is 6.51. The van der Waals surface area contributed by atoms with E-state index in [0.717, 1.165) is 32.5 Å². The van der Waals surface area contributed by atoms with Gasteiger partial charge in [0.05, 0.1) is 0 Å². The molecule has 0 aromatic carbocycles. The number of nitrogens with zero attached hydrogens (tertiary/aromatic N) is 3. The number of amides is 2. The summed E-state index contributed by atoms with van der Waals surface area (Å²) in [6.07, 6.45) is 7.50. The fraction of sp³-hybridized carbons (Fsp3) is 0.667. The van der Waals surface area contributed by atoms with Gasteiger partial charge in [0.2, 0.25) is 11.8 Å². The first-order valence-electron chi connectivity index (χ1n) is 10.3. The van der Waals surface area contributed by atoms with Crippen LogP contribution in [0.5, 0.6) is 0 Å². The molecule has 0 saturated carbocycles. The minimum atomic E-state index is -0.318. The molecule has 2 amide bonds. The predicted molar refractivity (Wildman–Crippen MR) is 103 cm³/mol. The summed E-state index contributed by atoms with van der Waals surface area (Å²) >= 11 is 0. The van der Waals surface area contributed by atoms with Crippen LogP contribution in [-0.2, 0) is 15.0 Å². The highest BCUT2D eigenvalue weighted by atomic mass is 16.2. The van der Waals surface area contributed by atoms with Gasteiger partial charge in [-0.3, -0.25) is 14.6 Å². The summed E-state index contributed by atoms with van der Waals surface area (Å²) in [5.41, 5.74) is 2.37. The average molecular weight is 370 g/mol. The molecule has 0 aliphatic carbocycles. The largest absolute Gasteiger partial charge is 0.344 e. The van der Waals surface area contributed by atoms with Gasteiger partial charge in [-0.15, -0.1) is 0 Å². The van der Waals surface area contributed by atoms with Crippen molar-refractivity contribution in [2.24, 2.45) is 0 Å². The van der Waals surface area contributed by atoms with Crippen LogP contribution in [0.3, 0.4) is 0 Å². The number of pyridine rings is 1. The molecular weight excluding hydrogens is 340 g/mol. The zero-order chi connectivity index (χ0) is 18.9. The van der Waals surface area contributed by atoms with Crippen LogP contribution in [0, 0.1) is 6.92 Å². The topological polar surface area (TPSA) is 65.5 Å². The van der Waals surface area contributed by atoms with E-state index in [1.54, 1.807) is 0 Å². The fourth-order valence-electron chi connectivity index (χ4n) is 4.82. The van der Waals surface area contributed by atoms with Crippen LogP contribution in [0.15, 0.2) is 18.3 Å². The van der Waals surface area contributed by atoms with Crippen molar-refractivity contribution in [1.82, 2.24) is 20.1 Å². The van der Waals surface area contributed by atoms with E-state index in [0.29, 0.717) is 12.8 Å². The van der Waals surface area contributed by atoms with Crippen molar-refractivity contribution >= 4 is 11.8 Å². The second-order valence-corrected chi connectivity index (χ2v) is 8.47. The standard InChI is InChI=1S/C21H30N4O2/c1-16-4-6-18(22-14-16)21(15-24-10-2-3-11-24)8-12-25(13-9-21)20(27)17-5-7-19(26)23-17/h4,6,14,17H,2-3,5,7-13,15H2,1H3,(H,23,26)/t17-/m1/s1. The molecule has 0 radical (unpaired) electrons. The molecule has 3 saturated heterocycles. The number of aromatic nitrogens is 1. The molecular formula is C21H30N4O2. The van der Waals surface area contributed by atoms with Crippen molar-refractivity contribution in [3.8, 4) is 0 Å². The van der Waals surface area contributed by atoms with E-state index in [2.05, 4.69) is 29.3 Å². The highest BCUT2D eigenvalue weighted by Gasteiger charge is 2.41. The van der Waals surface area contributed by atoms with E-state index in [-0.39, 0.29) is 23.3 Å². The van der Waals surface area contributed by atoms with Gasteiger partial charge in [-0.25, -0.2) is 0 Å². The molecule has 0 unspecified atom stereocenters. The lowest BCUT2D eigenvalue weighted by molar-refractivity contribution is -0.136. The Morgan fingerprint density at radius 1 is 1.22 bits per heavy atom. The second kappa shape index (κ2) is 7.58. The zero-order valence-electron chi connectivity index (χ0n) is 16.2. The monoisotopic (exact) mass is 370 g/mol. The number of carbonyl (C=O) groups excluding carboxylic acids is 2. The van der Waals surface area contributed by atoms with Gasteiger partial charge >= 0.3 is 0 Å². The summed E-state index contributed by atoms with van der Waals surface area (Å²) in [6, 6.07) is 4.01. The quantitative estimate of drug-likeness (QED) is 0.875. The number of carbonyl (C=O) groups is 2. The van der Waals surface area contributed by atoms with Gasteiger partial charge in [-0.1, -0.05) is 6.07 Å². The lowest BCUT2D eigenvalue weighted by atomic mass is 9.74. The minimum Gasteiger partial charge on any atom is -0.344 e. The smallest absolute Gasteiger partial charge is 0.245 e. The molecule has 1 aromatic rings. The van der Waals surface area contributed by atoms with E-state index in [9.17, 15) is 9.59 Å². The second-order valence-electron chi connectivity index (χ2n) is 8.47. The van der Waals surface area contributed by atoms with E-state index >= 15 is 0 Å². The summed E-state index contributed by atoms with van der Waals surface area (Å²) < 4.78 is 0. The summed E-state index contributed by atoms with van der Waals surface area (Å²) in [6.45, 7) is 6.93. The number of likely N-dealkylation sites (tertiary alicyclic amines) is 2. The average Bonchev–Trinajstić information content (AvgIpc) is 3.34. The molecule has 6 heteroatoms. The van der Waals surface area contributed by atoms with Crippen molar-refractivity contribution in [3.63, 3.8) is 0 Å². The van der Waals surface area contributed by atoms with Gasteiger partial charge in [0.25, 0.3) is 0 Å². The molecule has 0 spiro atoms. The Hall–Kier alpha value is -1.95. The van der Waals surface area contributed by atoms with Gasteiger partial charge in [0, 0.05) is 43.4 Å². The van der Waals surface area contributed by atoms with Crippen LogP contribution in [0.25, 0.3) is 0 Å². The predicted octanol–water partition coefficient (Wildman–Crippen LogP) is 1.62. The molecule has 1 N–H and O–H groups in total. The normalized spacial score (nSPS) is 25.6. The maximum absolute atomic E-state index is 12.8. The number of aryl methyl sites for hydroxylation is 1. The Morgan fingerprint density at radius 2 is 1.96 bits per heavy atom. The van der Waals surface area contributed by atoms with Crippen LogP contribution in [0.4, 0.5) is 0 Å². The first kappa shape index (κ1) is 18.4. The maximum atomic E-state index is 12.8. The Kier molecular flexibility index (Phi) is 5.17. The molecule has 27 heavy (non-hydrogen) atoms. The molecule has 4 rings (SSSR count). The Bertz CT molecular complexity index is 689. The van der Waals surface area contributed by atoms with Crippen molar-refractivity contribution in [1.29, 1.82) is 0 Å². The summed E-state index contributed by atoms with van der Waals surface area (Å²) in [4.78, 5) is 33.5. The van der Waals surface area contributed by atoms with Crippen molar-refractivity contribution in [2.45, 2.75) is 56.9 Å². The van der Waals surface area contributed by atoms with Crippen molar-refractivity contribution in [2.75, 3.05) is 32.7 Å². The zero-order valence-corrected chi connectivity index (χ0v) is 16.2. The molecule has 1 aromatic heterocycles. The summed E-state index contributed by atoms with van der Waals surface area (Å²) in [7, 11) is 0. The highest BCUT2D eigenvalue weighted by Crippen LogP contribution is 2.36. The SMILES string of the molecule is Cc1ccc(C2(CN3CCCC3)CCN(C(=O)[C@H]3CCC(=O)N3)CC2)nc1.